The maximum Gasteiger partial charge on any atom is 0.305 e. The summed E-state index contributed by atoms with van der Waals surface area (Å²) in [7, 11) is 4.23. The van der Waals surface area contributed by atoms with Gasteiger partial charge in [-0.1, -0.05) is 12.1 Å². The highest BCUT2D eigenvalue weighted by Crippen LogP contribution is 2.46. The molecule has 1 amide bonds. The molecule has 8 nitrogen and oxygen atoms in total. The molecule has 2 aliphatic heterocycles. The van der Waals surface area contributed by atoms with Crippen LogP contribution in [0.4, 0.5) is 0 Å². The van der Waals surface area contributed by atoms with Crippen molar-refractivity contribution in [1.29, 1.82) is 0 Å². The Morgan fingerprint density at radius 1 is 1.10 bits per heavy atom. The molecule has 0 aliphatic carbocycles. The molecule has 1 fully saturated rings. The standard InChI is InChI=1S/C21H25NO7/c1-26-16-7-4-14(5-8-16)20-22-19(25)15(6-9-17(23)27-2)12-21(22,13-29-20)11-10-18(24)28-3/h4-5,7-8,12,20H,6,9-11,13H2,1-3H3/t20-,21-/m1/s1. The maximum atomic E-state index is 13.2. The maximum absolute atomic E-state index is 13.2. The number of benzene rings is 1. The molecule has 29 heavy (non-hydrogen) atoms. The van der Waals surface area contributed by atoms with Gasteiger partial charge in [-0.2, -0.15) is 0 Å². The first-order valence-corrected chi connectivity index (χ1v) is 9.38. The normalized spacial score (nSPS) is 22.9. The van der Waals surface area contributed by atoms with Gasteiger partial charge in [-0.15, -0.1) is 0 Å². The largest absolute Gasteiger partial charge is 0.497 e. The van der Waals surface area contributed by atoms with Crippen LogP contribution >= 0.6 is 0 Å². The zero-order valence-electron chi connectivity index (χ0n) is 16.8. The summed E-state index contributed by atoms with van der Waals surface area (Å²) in [6.07, 6.45) is 2.17. The zero-order valence-corrected chi connectivity index (χ0v) is 16.8. The minimum Gasteiger partial charge on any atom is -0.497 e. The van der Waals surface area contributed by atoms with E-state index >= 15 is 0 Å². The monoisotopic (exact) mass is 403 g/mol. The molecule has 0 N–H and O–H groups in total. The van der Waals surface area contributed by atoms with E-state index in [0.717, 1.165) is 5.56 Å². The van der Waals surface area contributed by atoms with Gasteiger partial charge in [0.1, 0.15) is 5.75 Å². The summed E-state index contributed by atoms with van der Waals surface area (Å²) in [5.41, 5.74) is 0.588. The van der Waals surface area contributed by atoms with Crippen molar-refractivity contribution in [2.75, 3.05) is 27.9 Å². The highest BCUT2D eigenvalue weighted by molar-refractivity contribution is 5.98. The van der Waals surface area contributed by atoms with Gasteiger partial charge in [0.15, 0.2) is 6.23 Å². The molecule has 1 saturated heterocycles. The Balaban J connectivity index is 1.87. The van der Waals surface area contributed by atoms with Crippen LogP contribution in [0, 0.1) is 0 Å². The van der Waals surface area contributed by atoms with Gasteiger partial charge in [0.05, 0.1) is 33.5 Å². The molecule has 0 spiro atoms. The van der Waals surface area contributed by atoms with Crippen LogP contribution in [0.5, 0.6) is 5.75 Å². The van der Waals surface area contributed by atoms with E-state index in [0.29, 0.717) is 17.7 Å². The number of ether oxygens (including phenoxy) is 4. The summed E-state index contributed by atoms with van der Waals surface area (Å²) in [6, 6.07) is 7.30. The van der Waals surface area contributed by atoms with Crippen LogP contribution in [0.3, 0.4) is 0 Å². The lowest BCUT2D eigenvalue weighted by Crippen LogP contribution is -2.44. The highest BCUT2D eigenvalue weighted by atomic mass is 16.5. The Morgan fingerprint density at radius 2 is 1.76 bits per heavy atom. The van der Waals surface area contributed by atoms with Crippen LogP contribution in [-0.4, -0.2) is 56.2 Å². The number of rotatable bonds is 8. The number of hydrogen-bond acceptors (Lipinski definition) is 7. The lowest BCUT2D eigenvalue weighted by molar-refractivity contribution is -0.142. The Bertz CT molecular complexity index is 817. The molecular weight excluding hydrogens is 378 g/mol. The number of methoxy groups -OCH3 is 3. The van der Waals surface area contributed by atoms with Crippen molar-refractivity contribution in [2.45, 2.75) is 37.5 Å². The minimum absolute atomic E-state index is 0.114. The van der Waals surface area contributed by atoms with Gasteiger partial charge in [0.2, 0.25) is 0 Å². The average Bonchev–Trinajstić information content (AvgIpc) is 3.25. The summed E-state index contributed by atoms with van der Waals surface area (Å²) in [5.74, 6) is -0.223. The second-order valence-electron chi connectivity index (χ2n) is 7.04. The first-order chi connectivity index (χ1) is 13.9. The van der Waals surface area contributed by atoms with Crippen molar-refractivity contribution in [3.05, 3.63) is 41.5 Å². The Labute approximate surface area is 169 Å². The zero-order chi connectivity index (χ0) is 21.0. The van der Waals surface area contributed by atoms with E-state index in [-0.39, 0.29) is 43.7 Å². The third kappa shape index (κ3) is 4.12. The van der Waals surface area contributed by atoms with Crippen LogP contribution in [0.25, 0.3) is 0 Å². The number of hydrogen-bond donors (Lipinski definition) is 0. The number of carbonyl (C=O) groups excluding carboxylic acids is 3. The fraction of sp³-hybridized carbons (Fsp3) is 0.476. The van der Waals surface area contributed by atoms with E-state index in [9.17, 15) is 14.4 Å². The van der Waals surface area contributed by atoms with Crippen molar-refractivity contribution in [3.63, 3.8) is 0 Å². The summed E-state index contributed by atoms with van der Waals surface area (Å²) < 4.78 is 20.6. The predicted octanol–water partition coefficient (Wildman–Crippen LogP) is 2.14. The Kier molecular flexibility index (Phi) is 6.22. The van der Waals surface area contributed by atoms with E-state index in [2.05, 4.69) is 4.74 Å². The molecule has 0 unspecified atom stereocenters. The molecule has 2 aliphatic rings. The number of esters is 2. The predicted molar refractivity (Wildman–Crippen MR) is 102 cm³/mol. The molecule has 0 aromatic heterocycles. The van der Waals surface area contributed by atoms with E-state index in [1.54, 1.807) is 24.1 Å². The van der Waals surface area contributed by atoms with E-state index in [1.165, 1.54) is 14.2 Å². The summed E-state index contributed by atoms with van der Waals surface area (Å²) in [6.45, 7) is 0.258. The van der Waals surface area contributed by atoms with E-state index in [4.69, 9.17) is 14.2 Å². The van der Waals surface area contributed by atoms with Crippen LogP contribution in [0.1, 0.15) is 37.5 Å². The Hall–Kier alpha value is -2.87. The summed E-state index contributed by atoms with van der Waals surface area (Å²) in [4.78, 5) is 38.1. The first kappa shape index (κ1) is 20.9. The van der Waals surface area contributed by atoms with Crippen molar-refractivity contribution in [1.82, 2.24) is 4.90 Å². The number of nitrogens with zero attached hydrogens (tertiary/aromatic N) is 1. The SMILES string of the molecule is COC(=O)CCC1=C[C@]2(CCC(=O)OC)CO[C@H](c3ccc(OC)cc3)N2C1=O. The molecule has 0 saturated carbocycles. The molecule has 0 radical (unpaired) electrons. The number of amides is 1. The fourth-order valence-electron chi connectivity index (χ4n) is 3.78. The van der Waals surface area contributed by atoms with Gasteiger partial charge in [0, 0.05) is 24.0 Å². The van der Waals surface area contributed by atoms with Gasteiger partial charge in [-0.05, 0) is 31.1 Å². The van der Waals surface area contributed by atoms with Crippen LogP contribution < -0.4 is 4.74 Å². The topological polar surface area (TPSA) is 91.4 Å². The van der Waals surface area contributed by atoms with E-state index < -0.39 is 11.8 Å². The smallest absolute Gasteiger partial charge is 0.305 e. The van der Waals surface area contributed by atoms with Crippen molar-refractivity contribution < 1.29 is 33.3 Å². The quantitative estimate of drug-likeness (QED) is 0.614. The second-order valence-corrected chi connectivity index (χ2v) is 7.04. The van der Waals surface area contributed by atoms with Crippen LogP contribution in [0.15, 0.2) is 35.9 Å². The van der Waals surface area contributed by atoms with Gasteiger partial charge in [0.25, 0.3) is 5.91 Å². The lowest BCUT2D eigenvalue weighted by atomic mass is 9.93. The molecule has 1 aromatic carbocycles. The molecule has 2 heterocycles. The van der Waals surface area contributed by atoms with Crippen molar-refractivity contribution in [2.24, 2.45) is 0 Å². The van der Waals surface area contributed by atoms with Crippen LogP contribution in [-0.2, 0) is 28.6 Å². The van der Waals surface area contributed by atoms with Crippen LogP contribution in [0.2, 0.25) is 0 Å². The molecule has 8 heteroatoms. The fourth-order valence-corrected chi connectivity index (χ4v) is 3.78. The summed E-state index contributed by atoms with van der Waals surface area (Å²) >= 11 is 0. The molecule has 3 rings (SSSR count). The summed E-state index contributed by atoms with van der Waals surface area (Å²) in [5, 5.41) is 0. The molecule has 0 bridgehead atoms. The molecular formula is C21H25NO7. The van der Waals surface area contributed by atoms with Gasteiger partial charge in [-0.25, -0.2) is 0 Å². The van der Waals surface area contributed by atoms with Crippen molar-refractivity contribution >= 4 is 17.8 Å². The highest BCUT2D eigenvalue weighted by Gasteiger charge is 2.54. The van der Waals surface area contributed by atoms with E-state index in [1.807, 2.05) is 18.2 Å². The van der Waals surface area contributed by atoms with Gasteiger partial charge < -0.3 is 18.9 Å². The van der Waals surface area contributed by atoms with Gasteiger partial charge in [-0.3, -0.25) is 19.3 Å². The Morgan fingerprint density at radius 3 is 2.38 bits per heavy atom. The molecule has 1 aromatic rings. The second kappa shape index (κ2) is 8.65. The number of carbonyl (C=O) groups is 3. The minimum atomic E-state index is -0.749. The first-order valence-electron chi connectivity index (χ1n) is 9.38. The third-order valence-electron chi connectivity index (χ3n) is 5.36. The average molecular weight is 403 g/mol. The molecule has 2 atom stereocenters. The lowest BCUT2D eigenvalue weighted by Gasteiger charge is -2.32. The van der Waals surface area contributed by atoms with Crippen molar-refractivity contribution in [3.8, 4) is 5.75 Å². The third-order valence-corrected chi connectivity index (χ3v) is 5.36. The van der Waals surface area contributed by atoms with Gasteiger partial charge >= 0.3 is 11.9 Å². The molecule has 156 valence electrons. The number of fused-ring (bicyclic) bond motifs is 1.